The molecular formula is C15H14F2N2O2S. The highest BCUT2D eigenvalue weighted by atomic mass is 32.1. The van der Waals surface area contributed by atoms with Gasteiger partial charge in [-0.05, 0) is 30.2 Å². The minimum atomic E-state index is -1.43. The average molecular weight is 324 g/mol. The van der Waals surface area contributed by atoms with E-state index >= 15 is 0 Å². The van der Waals surface area contributed by atoms with Crippen LogP contribution in [0.1, 0.15) is 11.1 Å². The Labute approximate surface area is 131 Å². The van der Waals surface area contributed by atoms with E-state index in [1.54, 1.807) is 0 Å². The van der Waals surface area contributed by atoms with Crippen molar-refractivity contribution in [3.05, 3.63) is 59.2 Å². The summed E-state index contributed by atoms with van der Waals surface area (Å²) in [5, 5.41) is 12.1. The molecule has 22 heavy (non-hydrogen) atoms. The number of aromatic hydroxyl groups is 1. The topological polar surface area (TPSA) is 52.6 Å². The Bertz CT molecular complexity index is 710. The van der Waals surface area contributed by atoms with E-state index < -0.39 is 23.4 Å². The van der Waals surface area contributed by atoms with E-state index in [4.69, 9.17) is 0 Å². The lowest BCUT2D eigenvalue weighted by Crippen LogP contribution is -2.33. The number of hydrogen-bond donors (Lipinski definition) is 3. The third-order valence-corrected chi connectivity index (χ3v) is 3.56. The summed E-state index contributed by atoms with van der Waals surface area (Å²) in [6.07, 6.45) is 0. The van der Waals surface area contributed by atoms with Crippen LogP contribution >= 0.6 is 12.8 Å². The van der Waals surface area contributed by atoms with Crippen LogP contribution in [-0.2, 0) is 6.54 Å². The Kier molecular flexibility index (Phi) is 4.87. The fourth-order valence-corrected chi connectivity index (χ4v) is 2.10. The fourth-order valence-electron chi connectivity index (χ4n) is 1.86. The van der Waals surface area contributed by atoms with Gasteiger partial charge in [-0.3, -0.25) is 0 Å². The number of urea groups is 1. The number of nitrogens with one attached hydrogen (secondary N) is 1. The maximum absolute atomic E-state index is 13.3. The smallest absolute Gasteiger partial charge is 0.332 e. The lowest BCUT2D eigenvalue weighted by molar-refractivity contribution is 0.249. The van der Waals surface area contributed by atoms with Crippen molar-refractivity contribution < 1.29 is 18.7 Å². The Morgan fingerprint density at radius 3 is 2.64 bits per heavy atom. The lowest BCUT2D eigenvalue weighted by Gasteiger charge is -2.18. The van der Waals surface area contributed by atoms with E-state index in [1.165, 1.54) is 0 Å². The molecule has 2 amide bonds. The van der Waals surface area contributed by atoms with Crippen molar-refractivity contribution in [2.24, 2.45) is 0 Å². The molecular weight excluding hydrogens is 310 g/mol. The molecule has 0 unspecified atom stereocenters. The number of nitrogens with zero attached hydrogens (tertiary/aromatic N) is 1. The molecule has 0 spiro atoms. The third-order valence-electron chi connectivity index (χ3n) is 3.16. The molecule has 7 heteroatoms. The van der Waals surface area contributed by atoms with Gasteiger partial charge >= 0.3 is 6.03 Å². The maximum atomic E-state index is 13.3. The van der Waals surface area contributed by atoms with Crippen molar-refractivity contribution in [3.8, 4) is 5.75 Å². The Morgan fingerprint density at radius 1 is 1.27 bits per heavy atom. The number of carbonyl (C=O) groups excluding carboxylic acids is 1. The second kappa shape index (κ2) is 6.65. The largest absolute Gasteiger partial charge is 0.503 e. The van der Waals surface area contributed by atoms with Crippen LogP contribution in [0, 0.1) is 18.6 Å². The van der Waals surface area contributed by atoms with Gasteiger partial charge in [0.25, 0.3) is 0 Å². The molecule has 0 heterocycles. The van der Waals surface area contributed by atoms with Gasteiger partial charge in [0.05, 0.1) is 0 Å². The second-order valence-corrected chi connectivity index (χ2v) is 5.03. The van der Waals surface area contributed by atoms with E-state index in [1.807, 2.05) is 31.2 Å². The molecule has 0 aliphatic heterocycles. The molecule has 0 aliphatic rings. The highest BCUT2D eigenvalue weighted by Crippen LogP contribution is 2.32. The molecule has 2 aromatic rings. The van der Waals surface area contributed by atoms with Gasteiger partial charge in [-0.2, -0.15) is 4.39 Å². The molecule has 0 fully saturated rings. The highest BCUT2D eigenvalue weighted by Gasteiger charge is 2.20. The number of thiol groups is 1. The van der Waals surface area contributed by atoms with Crippen LogP contribution in [-0.4, -0.2) is 11.1 Å². The third kappa shape index (κ3) is 3.30. The standard InChI is InChI=1S/C15H14F2N2O2S/c1-9-4-2-3-5-10(9)8-18-15(21)19(22)12-7-6-11(16)13(17)14(12)20/h2-7,20,22H,8H2,1H3,(H,18,21). The van der Waals surface area contributed by atoms with Crippen molar-refractivity contribution >= 4 is 24.5 Å². The molecule has 0 saturated heterocycles. The lowest BCUT2D eigenvalue weighted by atomic mass is 10.1. The van der Waals surface area contributed by atoms with E-state index in [9.17, 15) is 18.7 Å². The zero-order valence-electron chi connectivity index (χ0n) is 11.7. The van der Waals surface area contributed by atoms with Crippen molar-refractivity contribution in [1.82, 2.24) is 5.32 Å². The number of aryl methyl sites for hydroxylation is 1. The van der Waals surface area contributed by atoms with Gasteiger partial charge in [-0.15, -0.1) is 0 Å². The molecule has 0 radical (unpaired) electrons. The molecule has 0 atom stereocenters. The highest BCUT2D eigenvalue weighted by molar-refractivity contribution is 7.82. The summed E-state index contributed by atoms with van der Waals surface area (Å²) in [4.78, 5) is 12.0. The van der Waals surface area contributed by atoms with Crippen LogP contribution in [0.5, 0.6) is 5.75 Å². The van der Waals surface area contributed by atoms with Gasteiger partial charge in [-0.25, -0.2) is 13.5 Å². The van der Waals surface area contributed by atoms with Crippen molar-refractivity contribution in [1.29, 1.82) is 0 Å². The van der Waals surface area contributed by atoms with E-state index in [-0.39, 0.29) is 12.2 Å². The molecule has 0 saturated carbocycles. The summed E-state index contributed by atoms with van der Waals surface area (Å²) < 4.78 is 27.0. The maximum Gasteiger partial charge on any atom is 0.332 e. The van der Waals surface area contributed by atoms with Gasteiger partial charge < -0.3 is 10.4 Å². The van der Waals surface area contributed by atoms with Crippen LogP contribution < -0.4 is 9.62 Å². The first-order chi connectivity index (χ1) is 10.4. The van der Waals surface area contributed by atoms with Crippen molar-refractivity contribution in [3.63, 3.8) is 0 Å². The Hall–Kier alpha value is -2.28. The first-order valence-electron chi connectivity index (χ1n) is 6.40. The molecule has 0 aliphatic carbocycles. The Balaban J connectivity index is 2.10. The van der Waals surface area contributed by atoms with Gasteiger partial charge in [0.15, 0.2) is 11.6 Å². The monoisotopic (exact) mass is 324 g/mol. The summed E-state index contributed by atoms with van der Waals surface area (Å²) in [6, 6.07) is 8.68. The summed E-state index contributed by atoms with van der Waals surface area (Å²) in [5.74, 6) is -3.60. The first kappa shape index (κ1) is 16.1. The molecule has 2 rings (SSSR count). The predicted molar refractivity (Wildman–Crippen MR) is 82.9 cm³/mol. The summed E-state index contributed by atoms with van der Waals surface area (Å²) in [7, 11) is 0. The van der Waals surface area contributed by atoms with Crippen LogP contribution in [0.3, 0.4) is 0 Å². The van der Waals surface area contributed by atoms with E-state index in [0.717, 1.165) is 27.6 Å². The number of halogens is 2. The van der Waals surface area contributed by atoms with Crippen LogP contribution in [0.15, 0.2) is 36.4 Å². The SMILES string of the molecule is Cc1ccccc1CNC(=O)N(S)c1ccc(F)c(F)c1O. The number of phenolic OH excluding ortho intramolecular Hbond substituents is 1. The molecule has 116 valence electrons. The fraction of sp³-hybridized carbons (Fsp3) is 0.133. The number of anilines is 1. The molecule has 2 aromatic carbocycles. The summed E-state index contributed by atoms with van der Waals surface area (Å²) >= 11 is 3.91. The summed E-state index contributed by atoms with van der Waals surface area (Å²) in [6.45, 7) is 2.15. The molecule has 2 N–H and O–H groups in total. The van der Waals surface area contributed by atoms with Crippen molar-refractivity contribution in [2.75, 3.05) is 4.31 Å². The Morgan fingerprint density at radius 2 is 1.95 bits per heavy atom. The normalized spacial score (nSPS) is 10.4. The number of benzene rings is 2. The predicted octanol–water partition coefficient (Wildman–Crippen LogP) is 3.54. The van der Waals surface area contributed by atoms with E-state index in [0.29, 0.717) is 0 Å². The first-order valence-corrected chi connectivity index (χ1v) is 6.80. The minimum Gasteiger partial charge on any atom is -0.503 e. The molecule has 4 nitrogen and oxygen atoms in total. The van der Waals surface area contributed by atoms with Gasteiger partial charge in [-0.1, -0.05) is 37.1 Å². The van der Waals surface area contributed by atoms with Gasteiger partial charge in [0.1, 0.15) is 5.69 Å². The molecule has 0 aromatic heterocycles. The van der Waals surface area contributed by atoms with Crippen LogP contribution in [0.4, 0.5) is 19.3 Å². The average Bonchev–Trinajstić information content (AvgIpc) is 2.51. The van der Waals surface area contributed by atoms with Gasteiger partial charge in [0, 0.05) is 6.54 Å². The number of amides is 2. The quantitative estimate of drug-likeness (QED) is 0.757. The number of hydrogen-bond acceptors (Lipinski definition) is 3. The van der Waals surface area contributed by atoms with Gasteiger partial charge in [0.2, 0.25) is 5.82 Å². The molecule has 0 bridgehead atoms. The van der Waals surface area contributed by atoms with Crippen LogP contribution in [0.25, 0.3) is 0 Å². The zero-order valence-corrected chi connectivity index (χ0v) is 12.6. The minimum absolute atomic E-state index is 0.243. The number of rotatable bonds is 3. The van der Waals surface area contributed by atoms with E-state index in [2.05, 4.69) is 18.1 Å². The number of phenols is 1. The second-order valence-electron chi connectivity index (χ2n) is 4.63. The van der Waals surface area contributed by atoms with Crippen molar-refractivity contribution in [2.45, 2.75) is 13.5 Å². The zero-order chi connectivity index (χ0) is 16.3. The number of carbonyl (C=O) groups is 1. The van der Waals surface area contributed by atoms with Crippen LogP contribution in [0.2, 0.25) is 0 Å². The summed E-state index contributed by atoms with van der Waals surface area (Å²) in [5.41, 5.74) is 1.67.